The monoisotopic (exact) mass is 552 g/mol. The molecular formula is C41H32N2. The molecule has 1 aliphatic carbocycles. The molecule has 0 radical (unpaired) electrons. The first-order valence-electron chi connectivity index (χ1n) is 15.0. The smallest absolute Gasteiger partial charge is 0.0591 e. The molecule has 0 amide bonds. The SMILES string of the molecule is C=CC1=CC=CC(n2c3ccccc3c3cc(-c4cccc(-n5c6ccccc6c6cc(C=C)ccc65)c4)ccc32)C1C. The Labute approximate surface area is 251 Å². The summed E-state index contributed by atoms with van der Waals surface area (Å²) < 4.78 is 4.89. The predicted molar refractivity (Wildman–Crippen MR) is 185 cm³/mol. The first-order chi connectivity index (χ1) is 21.2. The zero-order valence-electron chi connectivity index (χ0n) is 24.2. The highest BCUT2D eigenvalue weighted by molar-refractivity contribution is 6.11. The molecule has 2 aromatic heterocycles. The van der Waals surface area contributed by atoms with Gasteiger partial charge in [-0.25, -0.2) is 0 Å². The average Bonchev–Trinajstić information content (AvgIpc) is 3.57. The van der Waals surface area contributed by atoms with Crippen LogP contribution in [0.1, 0.15) is 18.5 Å². The van der Waals surface area contributed by atoms with Gasteiger partial charge in [-0.2, -0.15) is 0 Å². The van der Waals surface area contributed by atoms with Gasteiger partial charge in [0.05, 0.1) is 17.1 Å². The van der Waals surface area contributed by atoms with Crippen LogP contribution >= 0.6 is 0 Å². The standard InChI is InChI=1S/C41H32N2/c1-4-28-20-22-40-35(24-28)33-15-6-8-17-38(33)42(40)32-14-10-13-30(25-32)31-21-23-41-36(26-31)34-16-7-9-18-39(34)43(41)37-19-11-12-29(5-2)27(37)3/h4-27,37H,1-2H2,3H3. The van der Waals surface area contributed by atoms with Crippen molar-refractivity contribution in [3.63, 3.8) is 0 Å². The molecule has 2 unspecified atom stereocenters. The fraction of sp³-hybridized carbons (Fsp3) is 0.0732. The first-order valence-corrected chi connectivity index (χ1v) is 15.0. The van der Waals surface area contributed by atoms with Crippen LogP contribution in [0.15, 0.2) is 152 Å². The lowest BCUT2D eigenvalue weighted by Crippen LogP contribution is -2.18. The fourth-order valence-electron chi connectivity index (χ4n) is 7.08. The number of para-hydroxylation sites is 2. The summed E-state index contributed by atoms with van der Waals surface area (Å²) in [7, 11) is 0. The highest BCUT2D eigenvalue weighted by Crippen LogP contribution is 2.40. The van der Waals surface area contributed by atoms with Crippen LogP contribution in [0, 0.1) is 5.92 Å². The highest BCUT2D eigenvalue weighted by Gasteiger charge is 2.25. The fourth-order valence-corrected chi connectivity index (χ4v) is 7.08. The second kappa shape index (κ2) is 9.89. The molecule has 7 aromatic rings. The van der Waals surface area contributed by atoms with Gasteiger partial charge in [-0.3, -0.25) is 0 Å². The van der Waals surface area contributed by atoms with Crippen molar-refractivity contribution in [3.8, 4) is 16.8 Å². The van der Waals surface area contributed by atoms with Crippen LogP contribution in [0.5, 0.6) is 0 Å². The first kappa shape index (κ1) is 25.4. The van der Waals surface area contributed by atoms with E-state index in [1.807, 2.05) is 12.2 Å². The lowest BCUT2D eigenvalue weighted by molar-refractivity contribution is 0.494. The summed E-state index contributed by atoms with van der Waals surface area (Å²) in [5.41, 5.74) is 10.9. The summed E-state index contributed by atoms with van der Waals surface area (Å²) in [6, 6.07) is 40.2. The number of aromatic nitrogens is 2. The largest absolute Gasteiger partial charge is 0.333 e. The van der Waals surface area contributed by atoms with Gasteiger partial charge in [0.2, 0.25) is 0 Å². The number of hydrogen-bond donors (Lipinski definition) is 0. The Bertz CT molecular complexity index is 2300. The molecule has 0 N–H and O–H groups in total. The van der Waals surface area contributed by atoms with Crippen molar-refractivity contribution in [2.45, 2.75) is 13.0 Å². The minimum atomic E-state index is 0.228. The van der Waals surface area contributed by atoms with Crippen molar-refractivity contribution in [1.82, 2.24) is 9.13 Å². The Morgan fingerprint density at radius 2 is 1.28 bits per heavy atom. The topological polar surface area (TPSA) is 9.86 Å². The summed E-state index contributed by atoms with van der Waals surface area (Å²) in [5.74, 6) is 0.339. The molecule has 1 aliphatic rings. The molecule has 0 bridgehead atoms. The van der Waals surface area contributed by atoms with Crippen molar-refractivity contribution in [1.29, 1.82) is 0 Å². The molecule has 2 heteroatoms. The van der Waals surface area contributed by atoms with Crippen LogP contribution in [0.3, 0.4) is 0 Å². The Hall–Kier alpha value is -5.34. The van der Waals surface area contributed by atoms with Crippen molar-refractivity contribution >= 4 is 49.7 Å². The van der Waals surface area contributed by atoms with E-state index < -0.39 is 0 Å². The molecule has 0 saturated carbocycles. The number of rotatable bonds is 5. The molecule has 8 rings (SSSR count). The molecule has 2 atom stereocenters. The van der Waals surface area contributed by atoms with E-state index in [-0.39, 0.29) is 6.04 Å². The zero-order chi connectivity index (χ0) is 29.1. The van der Waals surface area contributed by atoms with E-state index in [1.165, 1.54) is 60.3 Å². The number of benzene rings is 5. The Balaban J connectivity index is 1.30. The number of nitrogens with zero attached hydrogens (tertiary/aromatic N) is 2. The van der Waals surface area contributed by atoms with E-state index in [1.54, 1.807) is 0 Å². The maximum atomic E-state index is 4.07. The summed E-state index contributed by atoms with van der Waals surface area (Å²) in [5, 5.41) is 5.06. The van der Waals surface area contributed by atoms with Gasteiger partial charge in [0.15, 0.2) is 0 Å². The van der Waals surface area contributed by atoms with E-state index in [2.05, 4.69) is 157 Å². The lowest BCUT2D eigenvalue weighted by Gasteiger charge is -2.28. The van der Waals surface area contributed by atoms with Crippen LogP contribution < -0.4 is 0 Å². The minimum Gasteiger partial charge on any atom is -0.333 e. The van der Waals surface area contributed by atoms with Crippen LogP contribution in [0.25, 0.3) is 66.5 Å². The molecule has 0 spiro atoms. The number of allylic oxidation sites excluding steroid dienone is 5. The normalized spacial score (nSPS) is 16.7. The van der Waals surface area contributed by atoms with E-state index in [4.69, 9.17) is 0 Å². The van der Waals surface area contributed by atoms with E-state index in [0.717, 1.165) is 11.3 Å². The molecule has 2 nitrogen and oxygen atoms in total. The lowest BCUT2D eigenvalue weighted by atomic mass is 9.88. The van der Waals surface area contributed by atoms with Gasteiger partial charge in [0.1, 0.15) is 0 Å². The van der Waals surface area contributed by atoms with Gasteiger partial charge in [-0.15, -0.1) is 0 Å². The molecule has 0 aliphatic heterocycles. The summed E-state index contributed by atoms with van der Waals surface area (Å²) in [6.07, 6.45) is 10.6. The summed E-state index contributed by atoms with van der Waals surface area (Å²) >= 11 is 0. The zero-order valence-corrected chi connectivity index (χ0v) is 24.2. The van der Waals surface area contributed by atoms with Crippen molar-refractivity contribution in [2.24, 2.45) is 5.92 Å². The van der Waals surface area contributed by atoms with Crippen molar-refractivity contribution < 1.29 is 0 Å². The van der Waals surface area contributed by atoms with E-state index >= 15 is 0 Å². The third-order valence-electron chi connectivity index (χ3n) is 9.25. The van der Waals surface area contributed by atoms with Crippen LogP contribution in [0.4, 0.5) is 0 Å². The van der Waals surface area contributed by atoms with Crippen LogP contribution in [0.2, 0.25) is 0 Å². The molecule has 206 valence electrons. The van der Waals surface area contributed by atoms with Crippen LogP contribution in [-0.2, 0) is 0 Å². The highest BCUT2D eigenvalue weighted by atomic mass is 15.0. The molecule has 5 aromatic carbocycles. The average molecular weight is 553 g/mol. The Morgan fingerprint density at radius 1 is 0.605 bits per heavy atom. The predicted octanol–water partition coefficient (Wildman–Crippen LogP) is 11.1. The minimum absolute atomic E-state index is 0.228. The quantitative estimate of drug-likeness (QED) is 0.201. The second-order valence-electron chi connectivity index (χ2n) is 11.5. The molecule has 2 heterocycles. The van der Waals surface area contributed by atoms with Gasteiger partial charge in [-0.1, -0.05) is 111 Å². The summed E-state index contributed by atoms with van der Waals surface area (Å²) in [4.78, 5) is 0. The molecule has 0 saturated heterocycles. The van der Waals surface area contributed by atoms with Gasteiger partial charge >= 0.3 is 0 Å². The number of hydrogen-bond acceptors (Lipinski definition) is 0. The molecule has 43 heavy (non-hydrogen) atoms. The third-order valence-corrected chi connectivity index (χ3v) is 9.25. The third kappa shape index (κ3) is 3.87. The van der Waals surface area contributed by atoms with Gasteiger partial charge in [0.25, 0.3) is 0 Å². The van der Waals surface area contributed by atoms with Crippen molar-refractivity contribution in [3.05, 3.63) is 158 Å². The molecule has 0 fully saturated rings. The second-order valence-corrected chi connectivity index (χ2v) is 11.5. The molecular weight excluding hydrogens is 520 g/mol. The Morgan fingerprint density at radius 3 is 2.09 bits per heavy atom. The number of fused-ring (bicyclic) bond motifs is 6. The maximum Gasteiger partial charge on any atom is 0.0591 e. The van der Waals surface area contributed by atoms with E-state index in [0.29, 0.717) is 5.92 Å². The van der Waals surface area contributed by atoms with Gasteiger partial charge in [-0.05, 0) is 70.8 Å². The summed E-state index contributed by atoms with van der Waals surface area (Å²) in [6.45, 7) is 10.4. The van der Waals surface area contributed by atoms with Gasteiger partial charge in [0, 0.05) is 44.2 Å². The Kier molecular flexibility index (Phi) is 5.84. The van der Waals surface area contributed by atoms with Crippen LogP contribution in [-0.4, -0.2) is 9.13 Å². The van der Waals surface area contributed by atoms with Gasteiger partial charge < -0.3 is 9.13 Å². The maximum absolute atomic E-state index is 4.07. The van der Waals surface area contributed by atoms with Crippen molar-refractivity contribution in [2.75, 3.05) is 0 Å². The van der Waals surface area contributed by atoms with E-state index in [9.17, 15) is 0 Å².